The number of ether oxygens (including phenoxy) is 2. The van der Waals surface area contributed by atoms with Crippen molar-refractivity contribution in [2.45, 2.75) is 59.5 Å². The van der Waals surface area contributed by atoms with Crippen LogP contribution in [0.1, 0.15) is 61.3 Å². The van der Waals surface area contributed by atoms with Gasteiger partial charge in [-0.15, -0.1) is 0 Å². The number of esters is 1. The molecule has 0 saturated carbocycles. The third-order valence-electron chi connectivity index (χ3n) is 6.51. The molecule has 0 aromatic heterocycles. The maximum Gasteiger partial charge on any atom is 0.336 e. The van der Waals surface area contributed by atoms with Crippen molar-refractivity contribution in [1.82, 2.24) is 5.32 Å². The summed E-state index contributed by atoms with van der Waals surface area (Å²) >= 11 is 5.98. The Labute approximate surface area is 205 Å². The molecule has 4 rings (SSSR count). The Morgan fingerprint density at radius 2 is 1.82 bits per heavy atom. The van der Waals surface area contributed by atoms with Gasteiger partial charge in [0, 0.05) is 34.3 Å². The minimum atomic E-state index is -0.460. The van der Waals surface area contributed by atoms with Crippen LogP contribution in [0.25, 0.3) is 0 Å². The van der Waals surface area contributed by atoms with Crippen molar-refractivity contribution >= 4 is 23.4 Å². The van der Waals surface area contributed by atoms with Crippen LogP contribution in [-0.4, -0.2) is 18.4 Å². The molecule has 1 atom stereocenters. The molecule has 1 aliphatic carbocycles. The van der Waals surface area contributed by atoms with E-state index in [4.69, 9.17) is 21.1 Å². The van der Waals surface area contributed by atoms with Crippen LogP contribution in [0.2, 0.25) is 5.02 Å². The number of allylic oxidation sites excluding steroid dienone is 3. The van der Waals surface area contributed by atoms with Gasteiger partial charge in [0.05, 0.1) is 12.2 Å². The monoisotopic (exact) mass is 479 g/mol. The van der Waals surface area contributed by atoms with Crippen molar-refractivity contribution in [1.29, 1.82) is 0 Å². The molecular weight excluding hydrogens is 450 g/mol. The third kappa shape index (κ3) is 4.76. The first kappa shape index (κ1) is 24.1. The van der Waals surface area contributed by atoms with Crippen LogP contribution in [0.5, 0.6) is 5.75 Å². The van der Waals surface area contributed by atoms with Gasteiger partial charge in [0.1, 0.15) is 12.4 Å². The molecule has 0 fully saturated rings. The molecule has 2 aliphatic rings. The molecule has 1 N–H and O–H groups in total. The number of nitrogens with one attached hydrogen (secondary N) is 1. The predicted molar refractivity (Wildman–Crippen MR) is 133 cm³/mol. The first-order chi connectivity index (χ1) is 16.3. The molecule has 178 valence electrons. The molecule has 0 radical (unpaired) electrons. The van der Waals surface area contributed by atoms with E-state index < -0.39 is 5.92 Å². The van der Waals surface area contributed by atoms with Crippen LogP contribution in [0, 0.1) is 13.8 Å². The Morgan fingerprint density at radius 3 is 2.53 bits per heavy atom. The summed E-state index contributed by atoms with van der Waals surface area (Å²) < 4.78 is 11.4. The van der Waals surface area contributed by atoms with Gasteiger partial charge < -0.3 is 14.8 Å². The zero-order valence-electron chi connectivity index (χ0n) is 20.1. The molecule has 5 nitrogen and oxygen atoms in total. The number of hydrogen-bond donors (Lipinski definition) is 1. The Morgan fingerprint density at radius 1 is 1.09 bits per heavy atom. The summed E-state index contributed by atoms with van der Waals surface area (Å²) in [4.78, 5) is 26.2. The summed E-state index contributed by atoms with van der Waals surface area (Å²) in [6, 6.07) is 11.4. The van der Waals surface area contributed by atoms with Crippen LogP contribution in [0.4, 0.5) is 0 Å². The number of carbonyl (C=O) groups is 2. The highest BCUT2D eigenvalue weighted by atomic mass is 35.5. The van der Waals surface area contributed by atoms with Crippen molar-refractivity contribution in [2.24, 2.45) is 0 Å². The third-order valence-corrected chi connectivity index (χ3v) is 6.77. The first-order valence-corrected chi connectivity index (χ1v) is 12.1. The summed E-state index contributed by atoms with van der Waals surface area (Å²) in [5.74, 6) is -0.0328. The summed E-state index contributed by atoms with van der Waals surface area (Å²) in [6.07, 6.45) is 2.10. The van der Waals surface area contributed by atoms with Gasteiger partial charge in [-0.25, -0.2) is 4.79 Å². The van der Waals surface area contributed by atoms with E-state index in [2.05, 4.69) is 17.4 Å². The first-order valence-electron chi connectivity index (χ1n) is 11.7. The molecule has 1 heterocycles. The molecule has 0 amide bonds. The second kappa shape index (κ2) is 10.1. The van der Waals surface area contributed by atoms with Gasteiger partial charge in [-0.1, -0.05) is 23.7 Å². The molecule has 2 aromatic rings. The van der Waals surface area contributed by atoms with Crippen molar-refractivity contribution < 1.29 is 19.1 Å². The highest BCUT2D eigenvalue weighted by molar-refractivity contribution is 6.30. The van der Waals surface area contributed by atoms with E-state index in [0.29, 0.717) is 29.2 Å². The molecule has 0 saturated heterocycles. The van der Waals surface area contributed by atoms with Gasteiger partial charge >= 0.3 is 5.97 Å². The van der Waals surface area contributed by atoms with Crippen molar-refractivity contribution in [3.63, 3.8) is 0 Å². The number of Topliss-reactive ketones (excluding diaryl/α,β-unsaturated/α-hetero) is 1. The summed E-state index contributed by atoms with van der Waals surface area (Å²) in [6.45, 7) is 8.39. The van der Waals surface area contributed by atoms with Crippen LogP contribution in [0.3, 0.4) is 0 Å². The van der Waals surface area contributed by atoms with E-state index in [-0.39, 0.29) is 18.4 Å². The van der Waals surface area contributed by atoms with E-state index in [1.165, 1.54) is 0 Å². The summed E-state index contributed by atoms with van der Waals surface area (Å²) in [5.41, 5.74) is 6.92. The number of ketones is 1. The maximum absolute atomic E-state index is 13.1. The van der Waals surface area contributed by atoms with Crippen LogP contribution in [0.15, 0.2) is 58.9 Å². The highest BCUT2D eigenvalue weighted by Crippen LogP contribution is 2.44. The average Bonchev–Trinajstić information content (AvgIpc) is 2.79. The van der Waals surface area contributed by atoms with Crippen molar-refractivity contribution in [2.75, 3.05) is 6.61 Å². The minimum absolute atomic E-state index is 0.0898. The lowest BCUT2D eigenvalue weighted by Crippen LogP contribution is -2.34. The zero-order valence-corrected chi connectivity index (χ0v) is 20.8. The Bertz CT molecular complexity index is 1190. The average molecular weight is 480 g/mol. The summed E-state index contributed by atoms with van der Waals surface area (Å²) in [5, 5.41) is 3.99. The number of rotatable bonds is 6. The highest BCUT2D eigenvalue weighted by Gasteiger charge is 2.39. The molecule has 1 aliphatic heterocycles. The zero-order chi connectivity index (χ0) is 24.4. The fraction of sp³-hybridized carbons (Fsp3) is 0.357. The van der Waals surface area contributed by atoms with Crippen molar-refractivity contribution in [3.05, 3.63) is 86.2 Å². The Balaban J connectivity index is 1.78. The number of carbonyl (C=O) groups excluding carboxylic acids is 2. The number of benzene rings is 2. The SMILES string of the molecule is CCOC(=O)C1=C(C)NC2=C(C(=O)CCC2)C1c1cc(COc2ccc(Cl)cc2)c(C)cc1C. The molecule has 34 heavy (non-hydrogen) atoms. The lowest BCUT2D eigenvalue weighted by Gasteiger charge is -2.35. The molecule has 6 heteroatoms. The number of dihydropyridines is 1. The fourth-order valence-corrected chi connectivity index (χ4v) is 4.97. The van der Waals surface area contributed by atoms with Crippen LogP contribution in [-0.2, 0) is 20.9 Å². The predicted octanol–water partition coefficient (Wildman–Crippen LogP) is 6.07. The van der Waals surface area contributed by atoms with E-state index in [9.17, 15) is 9.59 Å². The van der Waals surface area contributed by atoms with Crippen molar-refractivity contribution in [3.8, 4) is 5.75 Å². The smallest absolute Gasteiger partial charge is 0.336 e. The lowest BCUT2D eigenvalue weighted by atomic mass is 9.73. The molecule has 2 aromatic carbocycles. The second-order valence-corrected chi connectivity index (χ2v) is 9.30. The standard InChI is InChI=1S/C28H30ClNO4/c1-5-33-28(32)25-18(4)30-23-7-6-8-24(31)27(23)26(25)22-14-19(16(2)13-17(22)3)15-34-21-11-9-20(29)10-12-21/h9-14,26,30H,5-8,15H2,1-4H3. The van der Waals surface area contributed by atoms with E-state index in [1.807, 2.05) is 32.9 Å². The molecule has 1 unspecified atom stereocenters. The largest absolute Gasteiger partial charge is 0.489 e. The summed E-state index contributed by atoms with van der Waals surface area (Å²) in [7, 11) is 0. The van der Waals surface area contributed by atoms with E-state index in [1.54, 1.807) is 19.1 Å². The van der Waals surface area contributed by atoms with E-state index >= 15 is 0 Å². The molecule has 0 spiro atoms. The van der Waals surface area contributed by atoms with Crippen LogP contribution < -0.4 is 10.1 Å². The molecular formula is C28H30ClNO4. The number of halogens is 1. The Kier molecular flexibility index (Phi) is 7.13. The second-order valence-electron chi connectivity index (χ2n) is 8.86. The van der Waals surface area contributed by atoms with Gasteiger partial charge in [0.15, 0.2) is 5.78 Å². The quantitative estimate of drug-likeness (QED) is 0.509. The minimum Gasteiger partial charge on any atom is -0.489 e. The normalized spacial score (nSPS) is 17.9. The number of aryl methyl sites for hydroxylation is 2. The van der Waals surface area contributed by atoms with E-state index in [0.717, 1.165) is 52.2 Å². The number of hydrogen-bond acceptors (Lipinski definition) is 5. The van der Waals surface area contributed by atoms with Gasteiger partial charge in [-0.3, -0.25) is 4.79 Å². The van der Waals surface area contributed by atoms with Gasteiger partial charge in [0.25, 0.3) is 0 Å². The van der Waals surface area contributed by atoms with Gasteiger partial charge in [0.2, 0.25) is 0 Å². The Hall–Kier alpha value is -3.05. The lowest BCUT2D eigenvalue weighted by molar-refractivity contribution is -0.138. The molecule has 0 bridgehead atoms. The van der Waals surface area contributed by atoms with Gasteiger partial charge in [-0.05, 0) is 87.1 Å². The van der Waals surface area contributed by atoms with Crippen LogP contribution >= 0.6 is 11.6 Å². The van der Waals surface area contributed by atoms with Gasteiger partial charge in [-0.2, -0.15) is 0 Å². The maximum atomic E-state index is 13.1. The fourth-order valence-electron chi connectivity index (χ4n) is 4.85. The topological polar surface area (TPSA) is 64.6 Å².